The molecule has 0 radical (unpaired) electrons. The third-order valence-electron chi connectivity index (χ3n) is 1.14. The molecular formula is C7H13F3O4S. The molecule has 0 fully saturated rings. The molecule has 0 saturated carbocycles. The van der Waals surface area contributed by atoms with Gasteiger partial charge >= 0.3 is 15.6 Å². The van der Waals surface area contributed by atoms with E-state index in [1.165, 1.54) is 0 Å². The van der Waals surface area contributed by atoms with Crippen LogP contribution in [0.15, 0.2) is 0 Å². The maximum absolute atomic E-state index is 11.7. The number of halogens is 3. The van der Waals surface area contributed by atoms with Crippen LogP contribution >= 0.6 is 0 Å². The first-order chi connectivity index (χ1) is 6.46. The molecule has 0 unspecified atom stereocenters. The standard InChI is InChI=1S/C7H13F3O4S/c1-6(2,3)13-4-5-14-15(11,12)7(8,9)10/h4-5H2,1-3H3. The van der Waals surface area contributed by atoms with Gasteiger partial charge in [0.15, 0.2) is 0 Å². The van der Waals surface area contributed by atoms with Crippen molar-refractivity contribution in [2.75, 3.05) is 13.2 Å². The third-order valence-corrected chi connectivity index (χ3v) is 2.18. The van der Waals surface area contributed by atoms with Crippen molar-refractivity contribution in [3.8, 4) is 0 Å². The molecule has 0 saturated heterocycles. The molecule has 0 aromatic rings. The highest BCUT2D eigenvalue weighted by Gasteiger charge is 2.47. The van der Waals surface area contributed by atoms with E-state index in [2.05, 4.69) is 4.18 Å². The summed E-state index contributed by atoms with van der Waals surface area (Å²) in [5, 5.41) is 0. The molecule has 0 aliphatic rings. The van der Waals surface area contributed by atoms with Crippen LogP contribution in [0.25, 0.3) is 0 Å². The fourth-order valence-corrected chi connectivity index (χ4v) is 0.979. The van der Waals surface area contributed by atoms with Gasteiger partial charge in [0.25, 0.3) is 0 Å². The van der Waals surface area contributed by atoms with Gasteiger partial charge in [-0.1, -0.05) is 0 Å². The van der Waals surface area contributed by atoms with E-state index in [9.17, 15) is 21.6 Å². The fraction of sp³-hybridized carbons (Fsp3) is 1.00. The van der Waals surface area contributed by atoms with E-state index >= 15 is 0 Å². The van der Waals surface area contributed by atoms with Crippen LogP contribution in [0.1, 0.15) is 20.8 Å². The lowest BCUT2D eigenvalue weighted by atomic mass is 10.2. The van der Waals surface area contributed by atoms with Gasteiger partial charge in [-0.2, -0.15) is 21.6 Å². The first-order valence-corrected chi connectivity index (χ1v) is 5.46. The Balaban J connectivity index is 3.99. The zero-order valence-corrected chi connectivity index (χ0v) is 9.41. The summed E-state index contributed by atoms with van der Waals surface area (Å²) >= 11 is 0. The molecule has 92 valence electrons. The van der Waals surface area contributed by atoms with Gasteiger partial charge in [0.05, 0.1) is 18.8 Å². The van der Waals surface area contributed by atoms with E-state index in [4.69, 9.17) is 4.74 Å². The second-order valence-electron chi connectivity index (χ2n) is 3.68. The van der Waals surface area contributed by atoms with Crippen LogP contribution in [0.5, 0.6) is 0 Å². The van der Waals surface area contributed by atoms with Gasteiger partial charge in [0.1, 0.15) is 0 Å². The van der Waals surface area contributed by atoms with E-state index in [0.29, 0.717) is 0 Å². The molecule has 15 heavy (non-hydrogen) atoms. The van der Waals surface area contributed by atoms with Crippen molar-refractivity contribution in [3.63, 3.8) is 0 Å². The molecule has 8 heteroatoms. The smallest absolute Gasteiger partial charge is 0.373 e. The van der Waals surface area contributed by atoms with Crippen LogP contribution in [-0.2, 0) is 19.0 Å². The zero-order chi connectivity index (χ0) is 12.3. The molecule has 0 atom stereocenters. The van der Waals surface area contributed by atoms with E-state index in [-0.39, 0.29) is 6.61 Å². The molecule has 0 bridgehead atoms. The maximum atomic E-state index is 11.7. The van der Waals surface area contributed by atoms with E-state index < -0.39 is 27.8 Å². The van der Waals surface area contributed by atoms with Gasteiger partial charge in [-0.25, -0.2) is 0 Å². The van der Waals surface area contributed by atoms with Gasteiger partial charge in [0, 0.05) is 0 Å². The molecule has 0 amide bonds. The molecule has 4 nitrogen and oxygen atoms in total. The minimum absolute atomic E-state index is 0.223. The fourth-order valence-electron chi connectivity index (χ4n) is 0.558. The van der Waals surface area contributed by atoms with Crippen molar-refractivity contribution in [3.05, 3.63) is 0 Å². The highest BCUT2D eigenvalue weighted by Crippen LogP contribution is 2.24. The van der Waals surface area contributed by atoms with Crippen molar-refractivity contribution in [2.24, 2.45) is 0 Å². The Kier molecular flexibility index (Phi) is 4.56. The summed E-state index contributed by atoms with van der Waals surface area (Å²) in [6, 6.07) is 0. The first-order valence-electron chi connectivity index (χ1n) is 4.05. The van der Waals surface area contributed by atoms with E-state index in [0.717, 1.165) is 0 Å². The van der Waals surface area contributed by atoms with Crippen molar-refractivity contribution >= 4 is 10.1 Å². The minimum atomic E-state index is -5.50. The number of hydrogen-bond donors (Lipinski definition) is 0. The average molecular weight is 250 g/mol. The summed E-state index contributed by atoms with van der Waals surface area (Å²) in [6.07, 6.45) is 0. The Bertz CT molecular complexity index is 288. The van der Waals surface area contributed by atoms with Gasteiger partial charge in [-0.05, 0) is 20.8 Å². The van der Waals surface area contributed by atoms with Crippen LogP contribution < -0.4 is 0 Å². The third kappa shape index (κ3) is 5.95. The SMILES string of the molecule is CC(C)(C)OCCOS(=O)(=O)C(F)(F)F. The van der Waals surface area contributed by atoms with Crippen molar-refractivity contribution in [1.82, 2.24) is 0 Å². The normalized spacial score (nSPS) is 14.3. The second-order valence-corrected chi connectivity index (χ2v) is 5.29. The largest absolute Gasteiger partial charge is 0.523 e. The van der Waals surface area contributed by atoms with E-state index in [1.807, 2.05) is 0 Å². The molecule has 0 rings (SSSR count). The highest BCUT2D eigenvalue weighted by atomic mass is 32.2. The Morgan fingerprint density at radius 3 is 1.87 bits per heavy atom. The molecule has 0 aromatic carbocycles. The lowest BCUT2D eigenvalue weighted by Crippen LogP contribution is -2.28. The van der Waals surface area contributed by atoms with Gasteiger partial charge < -0.3 is 4.74 Å². The predicted molar refractivity (Wildman–Crippen MR) is 46.6 cm³/mol. The van der Waals surface area contributed by atoms with Crippen LogP contribution in [0.3, 0.4) is 0 Å². The Morgan fingerprint density at radius 1 is 1.07 bits per heavy atom. The minimum Gasteiger partial charge on any atom is -0.373 e. The molecule has 0 N–H and O–H groups in total. The Labute approximate surface area is 86.5 Å². The summed E-state index contributed by atoms with van der Waals surface area (Å²) in [6.45, 7) is 4.18. The average Bonchev–Trinajstić information content (AvgIpc) is 1.94. The van der Waals surface area contributed by atoms with Crippen LogP contribution in [0.4, 0.5) is 13.2 Å². The van der Waals surface area contributed by atoms with Gasteiger partial charge in [-0.3, -0.25) is 4.18 Å². The lowest BCUT2D eigenvalue weighted by Gasteiger charge is -2.19. The summed E-state index contributed by atoms with van der Waals surface area (Å²) in [5.41, 5.74) is -5.93. The molecule has 0 aliphatic carbocycles. The quantitative estimate of drug-likeness (QED) is 0.432. The van der Waals surface area contributed by atoms with Crippen molar-refractivity contribution in [2.45, 2.75) is 31.9 Å². The Hall–Kier alpha value is -0.340. The number of hydrogen-bond acceptors (Lipinski definition) is 4. The number of rotatable bonds is 4. The molecular weight excluding hydrogens is 237 g/mol. The van der Waals surface area contributed by atoms with Gasteiger partial charge in [0.2, 0.25) is 0 Å². The number of ether oxygens (including phenoxy) is 1. The molecule has 0 spiro atoms. The molecule has 0 aliphatic heterocycles. The lowest BCUT2D eigenvalue weighted by molar-refractivity contribution is -0.0591. The van der Waals surface area contributed by atoms with Crippen molar-refractivity contribution < 1.29 is 30.5 Å². The Morgan fingerprint density at radius 2 is 1.53 bits per heavy atom. The first kappa shape index (κ1) is 14.7. The number of alkyl halides is 3. The topological polar surface area (TPSA) is 52.6 Å². The summed E-state index contributed by atoms with van der Waals surface area (Å²) in [5.74, 6) is 0. The summed E-state index contributed by atoms with van der Waals surface area (Å²) in [7, 11) is -5.50. The predicted octanol–water partition coefficient (Wildman–Crippen LogP) is 1.67. The highest BCUT2D eigenvalue weighted by molar-refractivity contribution is 7.87. The monoisotopic (exact) mass is 250 g/mol. The van der Waals surface area contributed by atoms with Crippen molar-refractivity contribution in [1.29, 1.82) is 0 Å². The zero-order valence-electron chi connectivity index (χ0n) is 8.59. The van der Waals surface area contributed by atoms with Crippen LogP contribution in [0.2, 0.25) is 0 Å². The maximum Gasteiger partial charge on any atom is 0.523 e. The molecule has 0 aromatic heterocycles. The summed E-state index contributed by atoms with van der Waals surface area (Å²) in [4.78, 5) is 0. The summed E-state index contributed by atoms with van der Waals surface area (Å²) < 4.78 is 64.7. The van der Waals surface area contributed by atoms with Crippen LogP contribution in [0, 0.1) is 0 Å². The van der Waals surface area contributed by atoms with Gasteiger partial charge in [-0.15, -0.1) is 0 Å². The second kappa shape index (κ2) is 4.67. The van der Waals surface area contributed by atoms with Crippen LogP contribution in [-0.4, -0.2) is 32.7 Å². The molecule has 0 heterocycles. The van der Waals surface area contributed by atoms with E-state index in [1.54, 1.807) is 20.8 Å².